The minimum absolute atomic E-state index is 0.0354. The molecule has 0 rings (SSSR count). The van der Waals surface area contributed by atoms with Gasteiger partial charge in [-0.25, -0.2) is 4.57 Å². The maximum absolute atomic E-state index is 12.7. The summed E-state index contributed by atoms with van der Waals surface area (Å²) in [7, 11) is -4.42. The van der Waals surface area contributed by atoms with Gasteiger partial charge in [0.05, 0.1) is 13.2 Å². The summed E-state index contributed by atoms with van der Waals surface area (Å²) in [5.74, 6) is -0.890. The van der Waals surface area contributed by atoms with Gasteiger partial charge in [-0.2, -0.15) is 0 Å². The molecule has 0 saturated carbocycles. The van der Waals surface area contributed by atoms with Crippen LogP contribution in [0.15, 0.2) is 194 Å². The number of allylic oxidation sites excluding steroid dienone is 32. The van der Waals surface area contributed by atoms with E-state index in [0.717, 1.165) is 148 Å². The normalized spacial score (nSPS) is 14.3. The van der Waals surface area contributed by atoms with Crippen LogP contribution in [0.2, 0.25) is 0 Å². The van der Waals surface area contributed by atoms with Crippen molar-refractivity contribution in [3.63, 3.8) is 0 Å². The third-order valence-corrected chi connectivity index (χ3v) is 13.5. The van der Waals surface area contributed by atoms with Crippen LogP contribution in [0.3, 0.4) is 0 Å². The van der Waals surface area contributed by atoms with Crippen molar-refractivity contribution in [1.29, 1.82) is 0 Å². The molecule has 0 radical (unpaired) electrons. The van der Waals surface area contributed by atoms with Gasteiger partial charge in [0, 0.05) is 19.4 Å². The zero-order chi connectivity index (χ0) is 60.1. The van der Waals surface area contributed by atoms with Crippen molar-refractivity contribution in [2.24, 2.45) is 5.73 Å². The summed E-state index contributed by atoms with van der Waals surface area (Å²) < 4.78 is 33.1. The third-order valence-electron chi connectivity index (χ3n) is 12.5. The highest BCUT2D eigenvalue weighted by Gasteiger charge is 2.26. The summed E-state index contributed by atoms with van der Waals surface area (Å²) in [5.41, 5.74) is 5.39. The Hall–Kier alpha value is -5.15. The van der Waals surface area contributed by atoms with E-state index in [1.807, 2.05) is 0 Å². The second-order valence-corrected chi connectivity index (χ2v) is 21.6. The Morgan fingerprint density at radius 1 is 0.361 bits per heavy atom. The van der Waals surface area contributed by atoms with Gasteiger partial charge in [0.1, 0.15) is 6.61 Å². The maximum atomic E-state index is 12.7. The Kier molecular flexibility index (Phi) is 61.9. The van der Waals surface area contributed by atoms with Gasteiger partial charge in [-0.3, -0.25) is 18.6 Å². The SMILES string of the molecule is CC/C=C\C/C=C\C/C=C\C/C=C\C/C=C\C/C=C\C/C=C\C/C=C\C/C=C\CCCCCC(=O)OC(COC(=O)CCCCCCCCCCC/C=C\C/C=C\C/C=C\C/C=C\C/C=C\C/C=C\C/C=C\CC)COP(=O)(O)OCCN. The minimum atomic E-state index is -4.42. The van der Waals surface area contributed by atoms with Crippen molar-refractivity contribution in [1.82, 2.24) is 0 Å². The Morgan fingerprint density at radius 3 is 0.940 bits per heavy atom. The lowest BCUT2D eigenvalue weighted by molar-refractivity contribution is -0.161. The standard InChI is InChI=1S/C73H114NO8P/c1-3-5-7-9-11-13-15-17-19-21-23-25-27-29-31-33-35-37-39-41-43-45-47-49-51-53-55-57-59-61-63-65-72(75)79-69-71(70-81-83(77,78)80-68-67-74)82-73(76)66-64-62-60-58-56-54-52-50-48-46-44-42-40-38-36-34-32-30-28-26-24-22-20-18-16-14-12-10-8-6-4-2/h5-8,11-14,17-20,23-26,29-32,35-38,41-44,48,50,54,56,71H,3-4,9-10,15-16,21-22,27-28,33-34,39-40,45-47,49,51-53,55,57-70,74H2,1-2H3,(H,77,78)/b7-5-,8-6-,13-11-,14-12-,19-17-,20-18-,25-23-,26-24-,31-29-,32-30-,37-35-,38-36-,43-41-,44-42-,50-48-,56-54-. The van der Waals surface area contributed by atoms with Gasteiger partial charge in [-0.1, -0.05) is 260 Å². The fraction of sp³-hybridized carbons (Fsp3) is 0.534. The second-order valence-electron chi connectivity index (χ2n) is 20.2. The molecule has 0 aliphatic rings. The molecule has 0 bridgehead atoms. The zero-order valence-corrected chi connectivity index (χ0v) is 52.7. The highest BCUT2D eigenvalue weighted by atomic mass is 31.2. The highest BCUT2D eigenvalue weighted by Crippen LogP contribution is 2.43. The van der Waals surface area contributed by atoms with Crippen molar-refractivity contribution in [3.05, 3.63) is 194 Å². The average Bonchev–Trinajstić information content (AvgIpc) is 3.48. The smallest absolute Gasteiger partial charge is 0.462 e. The first kappa shape index (κ1) is 77.9. The summed E-state index contributed by atoms with van der Waals surface area (Å²) in [6.45, 7) is 3.44. The van der Waals surface area contributed by atoms with Crippen LogP contribution < -0.4 is 5.73 Å². The van der Waals surface area contributed by atoms with Crippen LogP contribution in [0, 0.1) is 0 Å². The first-order valence-electron chi connectivity index (χ1n) is 31.9. The van der Waals surface area contributed by atoms with Crippen molar-refractivity contribution in [3.8, 4) is 0 Å². The van der Waals surface area contributed by atoms with Crippen LogP contribution in [-0.2, 0) is 32.7 Å². The van der Waals surface area contributed by atoms with Gasteiger partial charge < -0.3 is 20.1 Å². The van der Waals surface area contributed by atoms with E-state index in [9.17, 15) is 19.0 Å². The summed E-state index contributed by atoms with van der Waals surface area (Å²) in [6.07, 6.45) is 101. The minimum Gasteiger partial charge on any atom is -0.462 e. The van der Waals surface area contributed by atoms with Gasteiger partial charge in [0.15, 0.2) is 6.10 Å². The predicted molar refractivity (Wildman–Crippen MR) is 357 cm³/mol. The number of carbonyl (C=O) groups excluding carboxylic acids is 2. The van der Waals surface area contributed by atoms with Crippen molar-refractivity contribution in [2.45, 2.75) is 225 Å². The molecule has 0 aromatic heterocycles. The number of hydrogen-bond acceptors (Lipinski definition) is 8. The largest absolute Gasteiger partial charge is 0.472 e. The summed E-state index contributed by atoms with van der Waals surface area (Å²) in [6, 6.07) is 0. The van der Waals surface area contributed by atoms with E-state index < -0.39 is 32.5 Å². The van der Waals surface area contributed by atoms with Crippen molar-refractivity contribution in [2.75, 3.05) is 26.4 Å². The number of carbonyl (C=O) groups is 2. The zero-order valence-electron chi connectivity index (χ0n) is 51.8. The van der Waals surface area contributed by atoms with E-state index in [0.29, 0.717) is 12.8 Å². The highest BCUT2D eigenvalue weighted by molar-refractivity contribution is 7.47. The van der Waals surface area contributed by atoms with Crippen LogP contribution in [0.5, 0.6) is 0 Å². The molecule has 0 spiro atoms. The summed E-state index contributed by atoms with van der Waals surface area (Å²) in [5, 5.41) is 0. The lowest BCUT2D eigenvalue weighted by Gasteiger charge is -2.19. The van der Waals surface area contributed by atoms with Crippen LogP contribution in [0.4, 0.5) is 0 Å². The van der Waals surface area contributed by atoms with Gasteiger partial charge in [0.2, 0.25) is 0 Å². The van der Waals surface area contributed by atoms with Gasteiger partial charge in [-0.15, -0.1) is 0 Å². The van der Waals surface area contributed by atoms with Crippen LogP contribution in [0.25, 0.3) is 0 Å². The molecule has 464 valence electrons. The number of rotatable bonds is 57. The molecule has 9 nitrogen and oxygen atoms in total. The molecule has 0 amide bonds. The van der Waals surface area contributed by atoms with Crippen LogP contribution in [0.1, 0.15) is 219 Å². The van der Waals surface area contributed by atoms with E-state index in [2.05, 4.69) is 208 Å². The van der Waals surface area contributed by atoms with E-state index in [1.165, 1.54) is 32.1 Å². The Morgan fingerprint density at radius 2 is 0.627 bits per heavy atom. The number of unbranched alkanes of at least 4 members (excludes halogenated alkanes) is 12. The molecule has 0 saturated heterocycles. The lowest BCUT2D eigenvalue weighted by Crippen LogP contribution is -2.29. The Labute approximate surface area is 506 Å². The van der Waals surface area contributed by atoms with Crippen LogP contribution in [-0.4, -0.2) is 49.3 Å². The molecule has 2 atom stereocenters. The Balaban J connectivity index is 4.11. The third kappa shape index (κ3) is 65.9. The molecule has 0 aliphatic carbocycles. The molecule has 0 aliphatic heterocycles. The van der Waals surface area contributed by atoms with Gasteiger partial charge >= 0.3 is 19.8 Å². The quantitative estimate of drug-likeness (QED) is 0.0264. The molecule has 2 unspecified atom stereocenters. The van der Waals surface area contributed by atoms with E-state index >= 15 is 0 Å². The van der Waals surface area contributed by atoms with E-state index in [1.54, 1.807) is 0 Å². The number of ether oxygens (including phenoxy) is 2. The van der Waals surface area contributed by atoms with E-state index in [4.69, 9.17) is 24.3 Å². The molecule has 3 N–H and O–H groups in total. The number of phosphoric acid groups is 1. The average molecular weight is 1160 g/mol. The van der Waals surface area contributed by atoms with Gasteiger partial charge in [0.25, 0.3) is 0 Å². The lowest BCUT2D eigenvalue weighted by atomic mass is 10.1. The molecule has 0 aromatic rings. The monoisotopic (exact) mass is 1160 g/mol. The second kappa shape index (κ2) is 66.0. The molecule has 0 fully saturated rings. The number of phosphoric ester groups is 1. The predicted octanol–water partition coefficient (Wildman–Crippen LogP) is 21.0. The molecule has 83 heavy (non-hydrogen) atoms. The number of hydrogen-bond donors (Lipinski definition) is 2. The fourth-order valence-corrected chi connectivity index (χ4v) is 8.61. The molecular weight excluding hydrogens is 1050 g/mol. The van der Waals surface area contributed by atoms with Crippen LogP contribution >= 0.6 is 7.82 Å². The summed E-state index contributed by atoms with van der Waals surface area (Å²) >= 11 is 0. The maximum Gasteiger partial charge on any atom is 0.472 e. The Bertz CT molecular complexity index is 2060. The van der Waals surface area contributed by atoms with Gasteiger partial charge in [-0.05, 0) is 141 Å². The van der Waals surface area contributed by atoms with E-state index in [-0.39, 0.29) is 32.6 Å². The first-order valence-corrected chi connectivity index (χ1v) is 33.4. The molecular formula is C73H114NO8P. The summed E-state index contributed by atoms with van der Waals surface area (Å²) in [4.78, 5) is 35.3. The van der Waals surface area contributed by atoms with Crippen molar-refractivity contribution < 1.29 is 37.6 Å². The molecule has 10 heteroatoms. The number of nitrogens with two attached hydrogens (primary N) is 1. The molecule has 0 aromatic carbocycles. The number of esters is 2. The molecule has 0 heterocycles. The topological polar surface area (TPSA) is 134 Å². The fourth-order valence-electron chi connectivity index (χ4n) is 7.84. The first-order chi connectivity index (χ1) is 40.8. The van der Waals surface area contributed by atoms with Crippen molar-refractivity contribution >= 4 is 19.8 Å².